The third-order valence-electron chi connectivity index (χ3n) is 4.02. The molecule has 0 aromatic heterocycles. The maximum Gasteiger partial charge on any atom is 0.0471 e. The van der Waals surface area contributed by atoms with Gasteiger partial charge in [-0.15, -0.1) is 0 Å². The maximum atomic E-state index is 9.22. The Morgan fingerprint density at radius 3 is 2.67 bits per heavy atom. The highest BCUT2D eigenvalue weighted by Gasteiger charge is 2.30. The van der Waals surface area contributed by atoms with E-state index in [1.807, 2.05) is 0 Å². The van der Waals surface area contributed by atoms with Crippen LogP contribution in [0.2, 0.25) is 0 Å². The zero-order valence-electron chi connectivity index (χ0n) is 12.7. The van der Waals surface area contributed by atoms with Gasteiger partial charge < -0.3 is 15.3 Å². The molecule has 1 aliphatic rings. The minimum atomic E-state index is 0.352. The van der Waals surface area contributed by atoms with Gasteiger partial charge in [-0.25, -0.2) is 0 Å². The summed E-state index contributed by atoms with van der Waals surface area (Å²) in [4.78, 5) is 2.54. The van der Waals surface area contributed by atoms with Crippen LogP contribution in [0.25, 0.3) is 0 Å². The maximum absolute atomic E-state index is 9.22. The number of hydrogen-bond donors (Lipinski definition) is 2. The SMILES string of the molecule is CCCC(C)(CNC(C)C)CN1CCC(CO)C1. The summed E-state index contributed by atoms with van der Waals surface area (Å²) >= 11 is 0. The van der Waals surface area contributed by atoms with Crippen molar-refractivity contribution in [3.8, 4) is 0 Å². The van der Waals surface area contributed by atoms with Gasteiger partial charge in [0, 0.05) is 32.3 Å². The van der Waals surface area contributed by atoms with Crippen molar-refractivity contribution in [2.24, 2.45) is 11.3 Å². The van der Waals surface area contributed by atoms with Crippen LogP contribution in [-0.4, -0.2) is 48.8 Å². The second kappa shape index (κ2) is 7.46. The first-order valence-electron chi connectivity index (χ1n) is 7.55. The molecule has 0 saturated carbocycles. The van der Waals surface area contributed by atoms with Gasteiger partial charge in [-0.2, -0.15) is 0 Å². The molecular formula is C15H32N2O. The number of rotatable bonds is 8. The molecule has 3 heteroatoms. The molecule has 18 heavy (non-hydrogen) atoms. The predicted octanol–water partition coefficient (Wildman–Crippen LogP) is 2.11. The largest absolute Gasteiger partial charge is 0.396 e. The van der Waals surface area contributed by atoms with Crippen molar-refractivity contribution in [1.29, 1.82) is 0 Å². The number of nitrogens with one attached hydrogen (secondary N) is 1. The third kappa shape index (κ3) is 5.25. The Bertz CT molecular complexity index is 233. The van der Waals surface area contributed by atoms with Crippen molar-refractivity contribution >= 4 is 0 Å². The Morgan fingerprint density at radius 1 is 1.44 bits per heavy atom. The Labute approximate surface area is 113 Å². The Morgan fingerprint density at radius 2 is 2.17 bits per heavy atom. The molecule has 0 bridgehead atoms. The number of hydrogen-bond acceptors (Lipinski definition) is 3. The van der Waals surface area contributed by atoms with Crippen LogP contribution in [0.1, 0.15) is 47.0 Å². The molecule has 0 spiro atoms. The van der Waals surface area contributed by atoms with E-state index in [4.69, 9.17) is 0 Å². The number of nitrogens with zero attached hydrogens (tertiary/aromatic N) is 1. The molecule has 1 fully saturated rings. The van der Waals surface area contributed by atoms with Gasteiger partial charge >= 0.3 is 0 Å². The van der Waals surface area contributed by atoms with E-state index in [1.165, 1.54) is 12.8 Å². The summed E-state index contributed by atoms with van der Waals surface area (Å²) in [6.07, 6.45) is 3.68. The normalized spacial score (nSPS) is 24.7. The molecule has 0 aliphatic carbocycles. The van der Waals surface area contributed by atoms with Crippen molar-refractivity contribution < 1.29 is 5.11 Å². The topological polar surface area (TPSA) is 35.5 Å². The van der Waals surface area contributed by atoms with Gasteiger partial charge in [-0.1, -0.05) is 34.1 Å². The van der Waals surface area contributed by atoms with Crippen molar-refractivity contribution in [3.05, 3.63) is 0 Å². The summed E-state index contributed by atoms with van der Waals surface area (Å²) in [6, 6.07) is 0.560. The molecule has 108 valence electrons. The molecule has 3 nitrogen and oxygen atoms in total. The fraction of sp³-hybridized carbons (Fsp3) is 1.00. The molecule has 1 saturated heterocycles. The molecule has 2 unspecified atom stereocenters. The van der Waals surface area contributed by atoms with E-state index in [1.54, 1.807) is 0 Å². The van der Waals surface area contributed by atoms with E-state index >= 15 is 0 Å². The molecule has 1 aliphatic heterocycles. The quantitative estimate of drug-likeness (QED) is 0.698. The highest BCUT2D eigenvalue weighted by atomic mass is 16.3. The molecule has 0 aromatic carbocycles. The van der Waals surface area contributed by atoms with E-state index in [2.05, 4.69) is 37.9 Å². The fourth-order valence-corrected chi connectivity index (χ4v) is 3.02. The van der Waals surface area contributed by atoms with E-state index in [0.29, 0.717) is 24.0 Å². The highest BCUT2D eigenvalue weighted by molar-refractivity contribution is 4.85. The van der Waals surface area contributed by atoms with Crippen LogP contribution in [0.3, 0.4) is 0 Å². The van der Waals surface area contributed by atoms with Crippen LogP contribution in [0, 0.1) is 11.3 Å². The lowest BCUT2D eigenvalue weighted by atomic mass is 9.84. The molecule has 0 radical (unpaired) electrons. The molecule has 0 aromatic rings. The van der Waals surface area contributed by atoms with Crippen LogP contribution in [0.5, 0.6) is 0 Å². The van der Waals surface area contributed by atoms with E-state index in [0.717, 1.165) is 32.6 Å². The monoisotopic (exact) mass is 256 g/mol. The summed E-state index contributed by atoms with van der Waals surface area (Å²) in [5, 5.41) is 12.8. The summed E-state index contributed by atoms with van der Waals surface area (Å²) in [5.74, 6) is 0.508. The zero-order valence-corrected chi connectivity index (χ0v) is 12.7. The lowest BCUT2D eigenvalue weighted by Gasteiger charge is -2.35. The Kier molecular flexibility index (Phi) is 6.61. The van der Waals surface area contributed by atoms with Crippen LogP contribution >= 0.6 is 0 Å². The molecule has 0 amide bonds. The van der Waals surface area contributed by atoms with E-state index in [9.17, 15) is 5.11 Å². The minimum Gasteiger partial charge on any atom is -0.396 e. The first kappa shape index (κ1) is 15.9. The van der Waals surface area contributed by atoms with Crippen molar-refractivity contribution in [2.45, 2.75) is 53.0 Å². The van der Waals surface area contributed by atoms with Gasteiger partial charge in [-0.05, 0) is 30.7 Å². The Balaban J connectivity index is 2.45. The fourth-order valence-electron chi connectivity index (χ4n) is 3.02. The van der Waals surface area contributed by atoms with Gasteiger partial charge in [0.2, 0.25) is 0 Å². The third-order valence-corrected chi connectivity index (χ3v) is 4.02. The summed E-state index contributed by atoms with van der Waals surface area (Å²) in [5.41, 5.74) is 0.364. The minimum absolute atomic E-state index is 0.352. The summed E-state index contributed by atoms with van der Waals surface area (Å²) in [7, 11) is 0. The second-order valence-corrected chi connectivity index (χ2v) is 6.67. The number of aliphatic hydroxyl groups excluding tert-OH is 1. The highest BCUT2D eigenvalue weighted by Crippen LogP contribution is 2.27. The van der Waals surface area contributed by atoms with Gasteiger partial charge in [-0.3, -0.25) is 0 Å². The number of aliphatic hydroxyl groups is 1. The van der Waals surface area contributed by atoms with Crippen LogP contribution < -0.4 is 5.32 Å². The first-order valence-corrected chi connectivity index (χ1v) is 7.55. The molecule has 2 atom stereocenters. The van der Waals surface area contributed by atoms with Crippen LogP contribution in [-0.2, 0) is 0 Å². The molecule has 1 heterocycles. The van der Waals surface area contributed by atoms with Gasteiger partial charge in [0.25, 0.3) is 0 Å². The average molecular weight is 256 g/mol. The first-order chi connectivity index (χ1) is 8.49. The van der Waals surface area contributed by atoms with Crippen LogP contribution in [0.15, 0.2) is 0 Å². The molecular weight excluding hydrogens is 224 g/mol. The zero-order chi connectivity index (χ0) is 13.6. The van der Waals surface area contributed by atoms with Crippen molar-refractivity contribution in [3.63, 3.8) is 0 Å². The lowest BCUT2D eigenvalue weighted by molar-refractivity contribution is 0.157. The van der Waals surface area contributed by atoms with Crippen molar-refractivity contribution in [1.82, 2.24) is 10.2 Å². The van der Waals surface area contributed by atoms with Gasteiger partial charge in [0.1, 0.15) is 0 Å². The average Bonchev–Trinajstić information content (AvgIpc) is 2.74. The Hall–Kier alpha value is -0.120. The van der Waals surface area contributed by atoms with Crippen LogP contribution in [0.4, 0.5) is 0 Å². The predicted molar refractivity (Wildman–Crippen MR) is 77.8 cm³/mol. The van der Waals surface area contributed by atoms with E-state index < -0.39 is 0 Å². The lowest BCUT2D eigenvalue weighted by Crippen LogP contribution is -2.43. The smallest absolute Gasteiger partial charge is 0.0471 e. The standard InChI is InChI=1S/C15H32N2O/c1-5-7-15(4,11-16-13(2)3)12-17-8-6-14(9-17)10-18/h13-14,16,18H,5-12H2,1-4H3. The number of likely N-dealkylation sites (tertiary alicyclic amines) is 1. The van der Waals surface area contributed by atoms with Crippen molar-refractivity contribution in [2.75, 3.05) is 32.8 Å². The van der Waals surface area contributed by atoms with Gasteiger partial charge in [0.05, 0.1) is 0 Å². The van der Waals surface area contributed by atoms with Gasteiger partial charge in [0.15, 0.2) is 0 Å². The van der Waals surface area contributed by atoms with E-state index in [-0.39, 0.29) is 0 Å². The molecule has 2 N–H and O–H groups in total. The summed E-state index contributed by atoms with van der Waals surface area (Å²) in [6.45, 7) is 13.9. The molecule has 1 rings (SSSR count). The summed E-state index contributed by atoms with van der Waals surface area (Å²) < 4.78 is 0. The second-order valence-electron chi connectivity index (χ2n) is 6.67.